The van der Waals surface area contributed by atoms with Crippen molar-refractivity contribution in [3.63, 3.8) is 0 Å². The molecule has 2 atom stereocenters. The number of piperazine rings is 1. The average molecular weight is 344 g/mol. The number of amides is 1. The predicted octanol–water partition coefficient (Wildman–Crippen LogP) is 3.12. The van der Waals surface area contributed by atoms with Gasteiger partial charge in [-0.25, -0.2) is 0 Å². The number of hydrogen-bond acceptors (Lipinski definition) is 3. The van der Waals surface area contributed by atoms with E-state index in [9.17, 15) is 4.79 Å². The largest absolute Gasteiger partial charge is 0.341 e. The number of rotatable bonds is 4. The Morgan fingerprint density at radius 1 is 1.12 bits per heavy atom. The van der Waals surface area contributed by atoms with Crippen LogP contribution in [0.2, 0.25) is 0 Å². The van der Waals surface area contributed by atoms with E-state index in [2.05, 4.69) is 53.2 Å². The molecule has 25 heavy (non-hydrogen) atoms. The maximum absolute atomic E-state index is 13.6. The number of hydrogen-bond donors (Lipinski definition) is 1. The molecule has 3 rings (SSSR count). The van der Waals surface area contributed by atoms with Crippen molar-refractivity contribution in [2.45, 2.75) is 58.0 Å². The standard InChI is InChI=1S/C21H33N3O/c1-3-19-16-22-12-15-24(19)20(18-10-8-17(2)9-11-18)21(25)23-13-6-4-5-7-14-23/h8-11,19-20,22H,3-7,12-16H2,1-2H3. The van der Waals surface area contributed by atoms with Gasteiger partial charge in [0, 0.05) is 38.8 Å². The van der Waals surface area contributed by atoms with Crippen molar-refractivity contribution in [3.05, 3.63) is 35.4 Å². The first-order valence-corrected chi connectivity index (χ1v) is 10.0. The highest BCUT2D eigenvalue weighted by atomic mass is 16.2. The van der Waals surface area contributed by atoms with Gasteiger partial charge in [-0.3, -0.25) is 9.69 Å². The van der Waals surface area contributed by atoms with Crippen molar-refractivity contribution in [3.8, 4) is 0 Å². The minimum atomic E-state index is -0.134. The summed E-state index contributed by atoms with van der Waals surface area (Å²) in [6, 6.07) is 8.89. The molecule has 1 aromatic carbocycles. The maximum Gasteiger partial charge on any atom is 0.244 e. The van der Waals surface area contributed by atoms with E-state index in [0.717, 1.165) is 57.5 Å². The van der Waals surface area contributed by atoms with E-state index < -0.39 is 0 Å². The van der Waals surface area contributed by atoms with Crippen molar-refractivity contribution in [2.75, 3.05) is 32.7 Å². The van der Waals surface area contributed by atoms with E-state index in [0.29, 0.717) is 11.9 Å². The number of aryl methyl sites for hydroxylation is 1. The molecule has 0 aromatic heterocycles. The van der Waals surface area contributed by atoms with Gasteiger partial charge in [0.25, 0.3) is 0 Å². The predicted molar refractivity (Wildman–Crippen MR) is 103 cm³/mol. The number of benzene rings is 1. The third-order valence-corrected chi connectivity index (χ3v) is 5.74. The first-order valence-electron chi connectivity index (χ1n) is 10.0. The first kappa shape index (κ1) is 18.4. The highest BCUT2D eigenvalue weighted by Gasteiger charge is 2.36. The zero-order valence-electron chi connectivity index (χ0n) is 15.8. The number of carbonyl (C=O) groups excluding carboxylic acids is 1. The molecular weight excluding hydrogens is 310 g/mol. The van der Waals surface area contributed by atoms with Crippen molar-refractivity contribution in [1.82, 2.24) is 15.1 Å². The second-order valence-corrected chi connectivity index (χ2v) is 7.56. The van der Waals surface area contributed by atoms with Gasteiger partial charge in [-0.2, -0.15) is 0 Å². The maximum atomic E-state index is 13.6. The van der Waals surface area contributed by atoms with E-state index in [4.69, 9.17) is 0 Å². The molecule has 2 fully saturated rings. The summed E-state index contributed by atoms with van der Waals surface area (Å²) in [6.45, 7) is 9.06. The molecule has 0 aliphatic carbocycles. The lowest BCUT2D eigenvalue weighted by Crippen LogP contribution is -2.55. The molecule has 2 saturated heterocycles. The lowest BCUT2D eigenvalue weighted by Gasteiger charge is -2.42. The third-order valence-electron chi connectivity index (χ3n) is 5.74. The highest BCUT2D eigenvalue weighted by molar-refractivity contribution is 5.83. The van der Waals surface area contributed by atoms with Crippen LogP contribution >= 0.6 is 0 Å². The second kappa shape index (κ2) is 8.81. The molecule has 4 heteroatoms. The monoisotopic (exact) mass is 343 g/mol. The third kappa shape index (κ3) is 4.42. The zero-order valence-corrected chi connectivity index (χ0v) is 15.8. The quantitative estimate of drug-likeness (QED) is 0.912. The van der Waals surface area contributed by atoms with Crippen LogP contribution in [0.5, 0.6) is 0 Å². The SMILES string of the molecule is CCC1CNCCN1C(C(=O)N1CCCCCC1)c1ccc(C)cc1. The van der Waals surface area contributed by atoms with E-state index in [1.807, 2.05) is 0 Å². The van der Waals surface area contributed by atoms with Crippen molar-refractivity contribution < 1.29 is 4.79 Å². The normalized spacial score (nSPS) is 23.9. The molecule has 0 radical (unpaired) electrons. The van der Waals surface area contributed by atoms with Gasteiger partial charge in [-0.15, -0.1) is 0 Å². The smallest absolute Gasteiger partial charge is 0.244 e. The Balaban J connectivity index is 1.89. The van der Waals surface area contributed by atoms with Crippen LogP contribution in [0.4, 0.5) is 0 Å². The minimum Gasteiger partial charge on any atom is -0.341 e. The Kier molecular flexibility index (Phi) is 6.49. The van der Waals surface area contributed by atoms with Gasteiger partial charge in [-0.1, -0.05) is 49.6 Å². The lowest BCUT2D eigenvalue weighted by molar-refractivity contribution is -0.138. The molecule has 1 aromatic rings. The fraction of sp³-hybridized carbons (Fsp3) is 0.667. The first-order chi connectivity index (χ1) is 12.2. The van der Waals surface area contributed by atoms with Crippen LogP contribution in [-0.4, -0.2) is 54.5 Å². The highest BCUT2D eigenvalue weighted by Crippen LogP contribution is 2.28. The molecular formula is C21H33N3O. The van der Waals surface area contributed by atoms with Gasteiger partial charge in [0.1, 0.15) is 6.04 Å². The van der Waals surface area contributed by atoms with Crippen molar-refractivity contribution in [2.24, 2.45) is 0 Å². The molecule has 2 unspecified atom stereocenters. The summed E-state index contributed by atoms with van der Waals surface area (Å²) in [6.07, 6.45) is 5.87. The Bertz CT molecular complexity index is 549. The van der Waals surface area contributed by atoms with Crippen LogP contribution < -0.4 is 5.32 Å². The van der Waals surface area contributed by atoms with Crippen LogP contribution in [0, 0.1) is 6.92 Å². The molecule has 0 spiro atoms. The summed E-state index contributed by atoms with van der Waals surface area (Å²) < 4.78 is 0. The minimum absolute atomic E-state index is 0.134. The van der Waals surface area contributed by atoms with Crippen LogP contribution in [0.15, 0.2) is 24.3 Å². The summed E-state index contributed by atoms with van der Waals surface area (Å²) in [5, 5.41) is 3.49. The average Bonchev–Trinajstić information content (AvgIpc) is 2.93. The summed E-state index contributed by atoms with van der Waals surface area (Å²) in [5.74, 6) is 0.311. The topological polar surface area (TPSA) is 35.6 Å². The van der Waals surface area contributed by atoms with Gasteiger partial charge in [0.05, 0.1) is 0 Å². The molecule has 2 heterocycles. The van der Waals surface area contributed by atoms with Gasteiger partial charge in [-0.05, 0) is 31.7 Å². The lowest BCUT2D eigenvalue weighted by atomic mass is 9.98. The Morgan fingerprint density at radius 3 is 2.44 bits per heavy atom. The Hall–Kier alpha value is -1.39. The van der Waals surface area contributed by atoms with Gasteiger partial charge in [0.15, 0.2) is 0 Å². The summed E-state index contributed by atoms with van der Waals surface area (Å²) >= 11 is 0. The van der Waals surface area contributed by atoms with Crippen LogP contribution in [0.25, 0.3) is 0 Å². The molecule has 2 aliphatic heterocycles. The van der Waals surface area contributed by atoms with Crippen molar-refractivity contribution >= 4 is 5.91 Å². The van der Waals surface area contributed by atoms with E-state index in [1.165, 1.54) is 18.4 Å². The van der Waals surface area contributed by atoms with Crippen LogP contribution in [0.3, 0.4) is 0 Å². The Morgan fingerprint density at radius 2 is 1.80 bits per heavy atom. The molecule has 138 valence electrons. The molecule has 4 nitrogen and oxygen atoms in total. The van der Waals surface area contributed by atoms with Gasteiger partial charge < -0.3 is 10.2 Å². The second-order valence-electron chi connectivity index (χ2n) is 7.56. The number of likely N-dealkylation sites (tertiary alicyclic amines) is 1. The molecule has 0 saturated carbocycles. The molecule has 1 amide bonds. The van der Waals surface area contributed by atoms with E-state index in [-0.39, 0.29) is 6.04 Å². The summed E-state index contributed by atoms with van der Waals surface area (Å²) in [4.78, 5) is 18.1. The summed E-state index contributed by atoms with van der Waals surface area (Å²) in [7, 11) is 0. The fourth-order valence-electron chi connectivity index (χ4n) is 4.18. The number of nitrogens with one attached hydrogen (secondary N) is 1. The van der Waals surface area contributed by atoms with E-state index in [1.54, 1.807) is 0 Å². The van der Waals surface area contributed by atoms with Crippen LogP contribution in [-0.2, 0) is 4.79 Å². The zero-order chi connectivity index (χ0) is 17.6. The molecule has 0 bridgehead atoms. The fourth-order valence-corrected chi connectivity index (χ4v) is 4.18. The number of carbonyl (C=O) groups is 1. The summed E-state index contributed by atoms with van der Waals surface area (Å²) in [5.41, 5.74) is 2.40. The van der Waals surface area contributed by atoms with Gasteiger partial charge in [0.2, 0.25) is 5.91 Å². The molecule has 1 N–H and O–H groups in total. The van der Waals surface area contributed by atoms with Crippen LogP contribution in [0.1, 0.15) is 56.2 Å². The number of nitrogens with zero attached hydrogens (tertiary/aromatic N) is 2. The Labute approximate surface area is 152 Å². The van der Waals surface area contributed by atoms with E-state index >= 15 is 0 Å². The van der Waals surface area contributed by atoms with Gasteiger partial charge >= 0.3 is 0 Å². The van der Waals surface area contributed by atoms with Crippen molar-refractivity contribution in [1.29, 1.82) is 0 Å². The molecule has 2 aliphatic rings.